The summed E-state index contributed by atoms with van der Waals surface area (Å²) in [6.07, 6.45) is 3.55. The number of piperazine rings is 1. The average Bonchev–Trinajstić information content (AvgIpc) is 2.40. The Kier molecular flexibility index (Phi) is 4.06. The number of hydrogen-bond donors (Lipinski definition) is 2. The first-order chi connectivity index (χ1) is 8.64. The maximum absolute atomic E-state index is 12.0. The van der Waals surface area contributed by atoms with Gasteiger partial charge in [-0.05, 0) is 25.7 Å². The van der Waals surface area contributed by atoms with Crippen LogP contribution in [0.4, 0.5) is 4.79 Å². The Labute approximate surface area is 107 Å². The normalized spacial score (nSPS) is 23.4. The van der Waals surface area contributed by atoms with E-state index in [-0.39, 0.29) is 0 Å². The monoisotopic (exact) mass is 255 g/mol. The first-order valence-electron chi connectivity index (χ1n) is 6.63. The molecule has 18 heavy (non-hydrogen) atoms. The summed E-state index contributed by atoms with van der Waals surface area (Å²) in [5, 5.41) is 3.16. The fraction of sp³-hybridized carbons (Fsp3) is 0.833. The van der Waals surface area contributed by atoms with Crippen molar-refractivity contribution in [2.45, 2.75) is 37.7 Å². The van der Waals surface area contributed by atoms with Gasteiger partial charge in [-0.15, -0.1) is 0 Å². The summed E-state index contributed by atoms with van der Waals surface area (Å²) < 4.78 is 5.46. The maximum atomic E-state index is 12.0. The first kappa shape index (κ1) is 13.1. The van der Waals surface area contributed by atoms with Gasteiger partial charge in [0.1, 0.15) is 0 Å². The quantitative estimate of drug-likeness (QED) is 0.739. The number of nitrogens with zero attached hydrogens (tertiary/aromatic N) is 1. The number of hydrogen-bond acceptors (Lipinski definition) is 4. The largest absolute Gasteiger partial charge is 0.433 e. The third-order valence-corrected chi connectivity index (χ3v) is 3.77. The van der Waals surface area contributed by atoms with Gasteiger partial charge in [0.25, 0.3) is 5.91 Å². The lowest BCUT2D eigenvalue weighted by molar-refractivity contribution is -0.141. The number of rotatable bonds is 2. The predicted molar refractivity (Wildman–Crippen MR) is 65.9 cm³/mol. The highest BCUT2D eigenvalue weighted by Crippen LogP contribution is 2.32. The predicted octanol–water partition coefficient (Wildman–Crippen LogP) is 0.216. The van der Waals surface area contributed by atoms with Gasteiger partial charge in [0, 0.05) is 26.2 Å². The molecule has 2 aliphatic rings. The van der Waals surface area contributed by atoms with Crippen molar-refractivity contribution in [3.05, 3.63) is 0 Å². The van der Waals surface area contributed by atoms with Crippen molar-refractivity contribution in [2.24, 2.45) is 5.73 Å². The number of ether oxygens (including phenoxy) is 1. The van der Waals surface area contributed by atoms with Crippen LogP contribution < -0.4 is 11.1 Å². The van der Waals surface area contributed by atoms with E-state index in [1.807, 2.05) is 0 Å². The number of carbonyl (C=O) groups is 2. The molecule has 1 heterocycles. The fourth-order valence-electron chi connectivity index (χ4n) is 2.60. The summed E-state index contributed by atoms with van der Waals surface area (Å²) in [4.78, 5) is 25.3. The molecule has 1 saturated heterocycles. The lowest BCUT2D eigenvalue weighted by Gasteiger charge is -2.36. The molecule has 2 amide bonds. The van der Waals surface area contributed by atoms with Gasteiger partial charge in [0.2, 0.25) is 0 Å². The van der Waals surface area contributed by atoms with Gasteiger partial charge in [0.15, 0.2) is 5.60 Å². The van der Waals surface area contributed by atoms with Crippen molar-refractivity contribution in [2.75, 3.05) is 26.2 Å². The summed E-state index contributed by atoms with van der Waals surface area (Å²) in [7, 11) is 0. The van der Waals surface area contributed by atoms with Gasteiger partial charge >= 0.3 is 6.09 Å². The summed E-state index contributed by atoms with van der Waals surface area (Å²) in [6, 6.07) is 0. The molecule has 6 nitrogen and oxygen atoms in total. The van der Waals surface area contributed by atoms with Crippen LogP contribution in [0.2, 0.25) is 0 Å². The minimum Gasteiger partial charge on any atom is -0.433 e. The van der Waals surface area contributed by atoms with E-state index in [4.69, 9.17) is 10.5 Å². The second-order valence-electron chi connectivity index (χ2n) is 5.02. The van der Waals surface area contributed by atoms with Crippen LogP contribution in [0, 0.1) is 0 Å². The zero-order valence-electron chi connectivity index (χ0n) is 10.6. The van der Waals surface area contributed by atoms with Crippen LogP contribution in [0.1, 0.15) is 32.1 Å². The molecule has 1 saturated carbocycles. The van der Waals surface area contributed by atoms with Crippen molar-refractivity contribution in [1.82, 2.24) is 10.2 Å². The van der Waals surface area contributed by atoms with Crippen LogP contribution in [0.15, 0.2) is 0 Å². The second-order valence-corrected chi connectivity index (χ2v) is 5.02. The van der Waals surface area contributed by atoms with Crippen molar-refractivity contribution in [3.63, 3.8) is 0 Å². The molecule has 0 atom stereocenters. The highest BCUT2D eigenvalue weighted by atomic mass is 16.6. The van der Waals surface area contributed by atoms with Crippen LogP contribution >= 0.6 is 0 Å². The smallest absolute Gasteiger partial charge is 0.410 e. The highest BCUT2D eigenvalue weighted by Gasteiger charge is 2.42. The number of carbonyl (C=O) groups excluding carboxylic acids is 2. The summed E-state index contributed by atoms with van der Waals surface area (Å²) >= 11 is 0. The molecule has 0 spiro atoms. The Morgan fingerprint density at radius 3 is 2.28 bits per heavy atom. The topological polar surface area (TPSA) is 84.7 Å². The van der Waals surface area contributed by atoms with Crippen LogP contribution in [0.5, 0.6) is 0 Å². The Balaban J connectivity index is 1.99. The zero-order chi connectivity index (χ0) is 13.0. The van der Waals surface area contributed by atoms with E-state index in [1.54, 1.807) is 4.90 Å². The van der Waals surface area contributed by atoms with Crippen molar-refractivity contribution >= 4 is 12.0 Å². The van der Waals surface area contributed by atoms with E-state index in [9.17, 15) is 9.59 Å². The van der Waals surface area contributed by atoms with E-state index in [0.717, 1.165) is 32.4 Å². The SMILES string of the molecule is NC(=O)C1(OC(=O)N2CCNCC2)CCCCC1. The molecule has 0 aromatic carbocycles. The number of primary amides is 1. The average molecular weight is 255 g/mol. The third-order valence-electron chi connectivity index (χ3n) is 3.77. The molecule has 0 bridgehead atoms. The molecule has 2 fully saturated rings. The first-order valence-corrected chi connectivity index (χ1v) is 6.63. The number of amides is 2. The van der Waals surface area contributed by atoms with E-state index in [2.05, 4.69) is 5.32 Å². The molecule has 0 aromatic rings. The molecular formula is C12H21N3O3. The Morgan fingerprint density at radius 2 is 1.72 bits per heavy atom. The molecule has 6 heteroatoms. The zero-order valence-corrected chi connectivity index (χ0v) is 10.6. The number of nitrogens with two attached hydrogens (primary N) is 1. The number of nitrogens with one attached hydrogen (secondary N) is 1. The van der Waals surface area contributed by atoms with Gasteiger partial charge in [-0.3, -0.25) is 4.79 Å². The van der Waals surface area contributed by atoms with Gasteiger partial charge < -0.3 is 20.7 Å². The third kappa shape index (κ3) is 2.75. The van der Waals surface area contributed by atoms with Crippen LogP contribution in [0.3, 0.4) is 0 Å². The molecular weight excluding hydrogens is 234 g/mol. The molecule has 1 aliphatic heterocycles. The minimum atomic E-state index is -1.07. The van der Waals surface area contributed by atoms with Crippen molar-refractivity contribution in [1.29, 1.82) is 0 Å². The Hall–Kier alpha value is -1.30. The van der Waals surface area contributed by atoms with Crippen LogP contribution in [0.25, 0.3) is 0 Å². The van der Waals surface area contributed by atoms with E-state index in [0.29, 0.717) is 25.9 Å². The highest BCUT2D eigenvalue weighted by molar-refractivity contribution is 5.86. The van der Waals surface area contributed by atoms with E-state index >= 15 is 0 Å². The van der Waals surface area contributed by atoms with Crippen molar-refractivity contribution < 1.29 is 14.3 Å². The van der Waals surface area contributed by atoms with Crippen LogP contribution in [-0.2, 0) is 9.53 Å². The molecule has 3 N–H and O–H groups in total. The molecule has 0 aromatic heterocycles. The van der Waals surface area contributed by atoms with Crippen LogP contribution in [-0.4, -0.2) is 48.7 Å². The maximum Gasteiger partial charge on any atom is 0.410 e. The lowest BCUT2D eigenvalue weighted by atomic mass is 9.84. The molecule has 0 unspecified atom stereocenters. The summed E-state index contributed by atoms with van der Waals surface area (Å²) in [5.41, 5.74) is 4.36. The standard InChI is InChI=1S/C12H21N3O3/c13-10(16)12(4-2-1-3-5-12)18-11(17)15-8-6-14-7-9-15/h14H,1-9H2,(H2,13,16). The summed E-state index contributed by atoms with van der Waals surface area (Å²) in [6.45, 7) is 2.76. The van der Waals surface area contributed by atoms with E-state index in [1.165, 1.54) is 0 Å². The Morgan fingerprint density at radius 1 is 1.11 bits per heavy atom. The molecule has 1 aliphatic carbocycles. The van der Waals surface area contributed by atoms with Gasteiger partial charge in [-0.25, -0.2) is 4.79 Å². The summed E-state index contributed by atoms with van der Waals surface area (Å²) in [5.74, 6) is -0.509. The van der Waals surface area contributed by atoms with E-state index < -0.39 is 17.6 Å². The minimum absolute atomic E-state index is 0.405. The lowest BCUT2D eigenvalue weighted by Crippen LogP contribution is -2.53. The van der Waals surface area contributed by atoms with Gasteiger partial charge in [-0.1, -0.05) is 6.42 Å². The second kappa shape index (κ2) is 5.56. The fourth-order valence-corrected chi connectivity index (χ4v) is 2.60. The molecule has 0 radical (unpaired) electrons. The molecule has 102 valence electrons. The van der Waals surface area contributed by atoms with Gasteiger partial charge in [0.05, 0.1) is 0 Å². The van der Waals surface area contributed by atoms with Gasteiger partial charge in [-0.2, -0.15) is 0 Å². The molecule has 2 rings (SSSR count). The Bertz CT molecular complexity index is 321. The van der Waals surface area contributed by atoms with Crippen molar-refractivity contribution in [3.8, 4) is 0 Å².